The molecule has 1 aromatic heterocycles. The zero-order chi connectivity index (χ0) is 10.4. The van der Waals surface area contributed by atoms with Crippen molar-refractivity contribution >= 4 is 21.5 Å². The van der Waals surface area contributed by atoms with E-state index in [-0.39, 0.29) is 5.00 Å². The third-order valence-electron chi connectivity index (χ3n) is 1.45. The van der Waals surface area contributed by atoms with E-state index in [0.717, 1.165) is 17.8 Å². The largest absolute Gasteiger partial charge is 0.361 e. The molecule has 0 aromatic carbocycles. The Bertz CT molecular complexity index is 356. The van der Waals surface area contributed by atoms with Crippen LogP contribution in [0.4, 0.5) is 10.1 Å². The molecule has 0 atom stereocenters. The summed E-state index contributed by atoms with van der Waals surface area (Å²) in [4.78, 5) is 13.7. The molecular weight excluding hydrogens is 202 g/mol. The van der Waals surface area contributed by atoms with Crippen LogP contribution in [0.3, 0.4) is 0 Å². The van der Waals surface area contributed by atoms with Gasteiger partial charge in [0.25, 0.3) is 0 Å². The number of nitrogens with zero attached hydrogens (tertiary/aromatic N) is 2. The summed E-state index contributed by atoms with van der Waals surface area (Å²) in [6, 6.07) is 0. The first kappa shape index (κ1) is 10.5. The molecule has 6 heteroatoms. The first-order valence-corrected chi connectivity index (χ1v) is 4.83. The van der Waals surface area contributed by atoms with Crippen molar-refractivity contribution in [1.29, 1.82) is 0 Å². The van der Waals surface area contributed by atoms with Crippen molar-refractivity contribution in [2.45, 2.75) is 12.8 Å². The van der Waals surface area contributed by atoms with Crippen molar-refractivity contribution in [3.8, 4) is 12.3 Å². The Kier molecular flexibility index (Phi) is 3.88. The van der Waals surface area contributed by atoms with Gasteiger partial charge < -0.3 is 5.32 Å². The Labute approximate surface area is 85.3 Å². The molecular formula is C8H9N3O2S. The third kappa shape index (κ3) is 3.03. The molecule has 0 aliphatic heterocycles. The lowest BCUT2D eigenvalue weighted by atomic mass is 10.3. The monoisotopic (exact) mass is 211 g/mol. The minimum absolute atomic E-state index is 0.0458. The van der Waals surface area contributed by atoms with E-state index in [1.165, 1.54) is 6.20 Å². The van der Waals surface area contributed by atoms with E-state index in [1.807, 2.05) is 0 Å². The Morgan fingerprint density at radius 3 is 3.14 bits per heavy atom. The molecule has 5 nitrogen and oxygen atoms in total. The van der Waals surface area contributed by atoms with Gasteiger partial charge in [-0.2, -0.15) is 0 Å². The van der Waals surface area contributed by atoms with Crippen LogP contribution in [0, 0.1) is 22.5 Å². The number of terminal acetylenes is 1. The molecule has 14 heavy (non-hydrogen) atoms. The first-order chi connectivity index (χ1) is 6.74. The Morgan fingerprint density at radius 1 is 1.79 bits per heavy atom. The van der Waals surface area contributed by atoms with E-state index >= 15 is 0 Å². The summed E-state index contributed by atoms with van der Waals surface area (Å²) in [5.41, 5.74) is 0. The average molecular weight is 211 g/mol. The summed E-state index contributed by atoms with van der Waals surface area (Å²) in [5.74, 6) is 2.51. The van der Waals surface area contributed by atoms with Gasteiger partial charge in [0.2, 0.25) is 0 Å². The summed E-state index contributed by atoms with van der Waals surface area (Å²) < 4.78 is 0. The van der Waals surface area contributed by atoms with E-state index in [2.05, 4.69) is 16.2 Å². The third-order valence-corrected chi connectivity index (χ3v) is 2.35. The van der Waals surface area contributed by atoms with Crippen molar-refractivity contribution in [3.63, 3.8) is 0 Å². The lowest BCUT2D eigenvalue weighted by Crippen LogP contribution is -1.99. The Hall–Kier alpha value is -1.61. The van der Waals surface area contributed by atoms with Crippen molar-refractivity contribution < 1.29 is 4.92 Å². The van der Waals surface area contributed by atoms with Gasteiger partial charge in [-0.05, 0) is 17.8 Å². The molecule has 1 N–H and O–H groups in total. The zero-order valence-corrected chi connectivity index (χ0v) is 8.21. The molecule has 0 fully saturated rings. The van der Waals surface area contributed by atoms with Crippen molar-refractivity contribution in [2.24, 2.45) is 0 Å². The molecule has 0 spiro atoms. The van der Waals surface area contributed by atoms with Crippen LogP contribution < -0.4 is 5.32 Å². The lowest BCUT2D eigenvalue weighted by Gasteiger charge is -1.97. The second-order valence-electron chi connectivity index (χ2n) is 2.50. The summed E-state index contributed by atoms with van der Waals surface area (Å²) >= 11 is 1.03. The SMILES string of the molecule is C#CCCCNc1ncc([N+](=O)[O-])s1. The second kappa shape index (κ2) is 5.19. The highest BCUT2D eigenvalue weighted by atomic mass is 32.1. The van der Waals surface area contributed by atoms with Crippen LogP contribution >= 0.6 is 11.3 Å². The molecule has 74 valence electrons. The predicted octanol–water partition coefficient (Wildman–Crippen LogP) is 1.88. The second-order valence-corrected chi connectivity index (χ2v) is 3.50. The van der Waals surface area contributed by atoms with E-state index < -0.39 is 4.92 Å². The van der Waals surface area contributed by atoms with Gasteiger partial charge in [-0.1, -0.05) is 0 Å². The summed E-state index contributed by atoms with van der Waals surface area (Å²) in [6.07, 6.45) is 7.85. The van der Waals surface area contributed by atoms with Gasteiger partial charge in [-0.25, -0.2) is 4.98 Å². The number of rotatable bonds is 5. The summed E-state index contributed by atoms with van der Waals surface area (Å²) in [7, 11) is 0. The molecule has 1 heterocycles. The fourth-order valence-corrected chi connectivity index (χ4v) is 1.48. The maximum absolute atomic E-state index is 10.3. The van der Waals surface area contributed by atoms with Gasteiger partial charge in [-0.15, -0.1) is 12.3 Å². The number of thiazole rings is 1. The predicted molar refractivity (Wildman–Crippen MR) is 55.3 cm³/mol. The highest BCUT2D eigenvalue weighted by molar-refractivity contribution is 7.18. The lowest BCUT2D eigenvalue weighted by molar-refractivity contribution is -0.380. The quantitative estimate of drug-likeness (QED) is 0.349. The molecule has 0 aliphatic carbocycles. The van der Waals surface area contributed by atoms with Gasteiger partial charge in [0.1, 0.15) is 6.20 Å². The average Bonchev–Trinajstić information content (AvgIpc) is 2.61. The fraction of sp³-hybridized carbons (Fsp3) is 0.375. The minimum atomic E-state index is -0.454. The van der Waals surface area contributed by atoms with E-state index in [1.54, 1.807) is 0 Å². The highest BCUT2D eigenvalue weighted by Crippen LogP contribution is 2.24. The molecule has 0 aliphatic rings. The van der Waals surface area contributed by atoms with Gasteiger partial charge in [0, 0.05) is 13.0 Å². The Balaban J connectivity index is 2.37. The van der Waals surface area contributed by atoms with Gasteiger partial charge in [0.05, 0.1) is 4.92 Å². The molecule has 0 saturated heterocycles. The van der Waals surface area contributed by atoms with Crippen LogP contribution in [-0.4, -0.2) is 16.5 Å². The van der Waals surface area contributed by atoms with Crippen LogP contribution in [0.25, 0.3) is 0 Å². The number of nitrogens with one attached hydrogen (secondary N) is 1. The van der Waals surface area contributed by atoms with Crippen molar-refractivity contribution in [2.75, 3.05) is 11.9 Å². The summed E-state index contributed by atoms with van der Waals surface area (Å²) in [6.45, 7) is 0.689. The number of unbranched alkanes of at least 4 members (excludes halogenated alkanes) is 1. The first-order valence-electron chi connectivity index (χ1n) is 4.01. The zero-order valence-electron chi connectivity index (χ0n) is 7.40. The number of aromatic nitrogens is 1. The van der Waals surface area contributed by atoms with Crippen LogP contribution in [0.15, 0.2) is 6.20 Å². The van der Waals surface area contributed by atoms with Gasteiger partial charge in [-0.3, -0.25) is 10.1 Å². The number of nitro groups is 1. The maximum Gasteiger partial charge on any atom is 0.345 e. The normalized spacial score (nSPS) is 9.36. The molecule has 1 rings (SSSR count). The minimum Gasteiger partial charge on any atom is -0.361 e. The van der Waals surface area contributed by atoms with Crippen molar-refractivity contribution in [3.05, 3.63) is 16.3 Å². The molecule has 1 aromatic rings. The molecule has 0 saturated carbocycles. The topological polar surface area (TPSA) is 68.1 Å². The van der Waals surface area contributed by atoms with Gasteiger partial charge >= 0.3 is 5.00 Å². The summed E-state index contributed by atoms with van der Waals surface area (Å²) in [5, 5.41) is 13.9. The fourth-order valence-electron chi connectivity index (χ4n) is 0.818. The standard InChI is InChI=1S/C8H9N3O2S/c1-2-3-4-5-9-8-10-6-7(14-8)11(12)13/h1,6H,3-5H2,(H,9,10). The smallest absolute Gasteiger partial charge is 0.345 e. The highest BCUT2D eigenvalue weighted by Gasteiger charge is 2.10. The molecule has 0 unspecified atom stereocenters. The van der Waals surface area contributed by atoms with E-state index in [4.69, 9.17) is 6.42 Å². The van der Waals surface area contributed by atoms with Crippen LogP contribution in [0.2, 0.25) is 0 Å². The van der Waals surface area contributed by atoms with Crippen LogP contribution in [0.5, 0.6) is 0 Å². The van der Waals surface area contributed by atoms with Crippen molar-refractivity contribution in [1.82, 2.24) is 4.98 Å². The molecule has 0 radical (unpaired) electrons. The molecule has 0 bridgehead atoms. The molecule has 0 amide bonds. The number of anilines is 1. The van der Waals surface area contributed by atoms with Gasteiger partial charge in [0.15, 0.2) is 5.13 Å². The number of hydrogen-bond acceptors (Lipinski definition) is 5. The number of hydrogen-bond donors (Lipinski definition) is 1. The van der Waals surface area contributed by atoms with E-state index in [9.17, 15) is 10.1 Å². The van der Waals surface area contributed by atoms with Crippen LogP contribution in [-0.2, 0) is 0 Å². The maximum atomic E-state index is 10.3. The van der Waals surface area contributed by atoms with Crippen LogP contribution in [0.1, 0.15) is 12.8 Å². The van der Waals surface area contributed by atoms with E-state index in [0.29, 0.717) is 18.1 Å². The Morgan fingerprint density at radius 2 is 2.57 bits per heavy atom.